The second-order valence-electron chi connectivity index (χ2n) is 5.48. The Morgan fingerprint density at radius 1 is 1.26 bits per heavy atom. The van der Waals surface area contributed by atoms with Crippen molar-refractivity contribution in [2.45, 2.75) is 11.9 Å². The lowest BCUT2D eigenvalue weighted by Gasteiger charge is -2.10. The number of nitrogens with zero attached hydrogens (tertiary/aromatic N) is 3. The zero-order chi connectivity index (χ0) is 19.4. The van der Waals surface area contributed by atoms with Gasteiger partial charge >= 0.3 is 0 Å². The number of carbonyl (C=O) groups is 1. The molecular formula is C18H16N4O3S2. The first-order valence-electron chi connectivity index (χ1n) is 7.85. The molecule has 0 unspecified atom stereocenters. The zero-order valence-electron chi connectivity index (χ0n) is 14.9. The summed E-state index contributed by atoms with van der Waals surface area (Å²) in [6.07, 6.45) is 0. The number of hydrogen-bond donors (Lipinski definition) is 1. The number of benzene rings is 1. The molecule has 1 aromatic carbocycles. The topological polar surface area (TPSA) is 97.1 Å². The number of nitriles is 1. The molecule has 0 aliphatic carbocycles. The van der Waals surface area contributed by atoms with E-state index in [-0.39, 0.29) is 11.7 Å². The van der Waals surface area contributed by atoms with Crippen molar-refractivity contribution in [3.05, 3.63) is 34.8 Å². The van der Waals surface area contributed by atoms with Crippen LogP contribution in [0.3, 0.4) is 0 Å². The summed E-state index contributed by atoms with van der Waals surface area (Å²) in [5.41, 5.74) is 1.91. The first-order chi connectivity index (χ1) is 13.0. The Balaban J connectivity index is 1.82. The number of anilines is 1. The fraction of sp³-hybridized carbons (Fsp3) is 0.222. The SMILES string of the molecule is COc1cc2cc(C#N)c(SCC(=O)Nc3nc(C)cs3)nc2cc1OC. The largest absolute Gasteiger partial charge is 0.493 e. The molecule has 138 valence electrons. The lowest BCUT2D eigenvalue weighted by Crippen LogP contribution is -2.14. The van der Waals surface area contributed by atoms with E-state index in [9.17, 15) is 10.1 Å². The van der Waals surface area contributed by atoms with Gasteiger partial charge < -0.3 is 14.8 Å². The van der Waals surface area contributed by atoms with Gasteiger partial charge in [-0.05, 0) is 19.1 Å². The maximum Gasteiger partial charge on any atom is 0.236 e. The third kappa shape index (κ3) is 4.30. The first kappa shape index (κ1) is 18.9. The molecule has 0 radical (unpaired) electrons. The Morgan fingerprint density at radius 2 is 2.00 bits per heavy atom. The molecule has 0 aliphatic rings. The van der Waals surface area contributed by atoms with Gasteiger partial charge in [-0.25, -0.2) is 9.97 Å². The molecule has 0 fully saturated rings. The van der Waals surface area contributed by atoms with E-state index >= 15 is 0 Å². The van der Waals surface area contributed by atoms with Gasteiger partial charge in [-0.1, -0.05) is 11.8 Å². The summed E-state index contributed by atoms with van der Waals surface area (Å²) >= 11 is 2.57. The number of ether oxygens (including phenoxy) is 2. The number of nitrogens with one attached hydrogen (secondary N) is 1. The van der Waals surface area contributed by atoms with Crippen molar-refractivity contribution in [3.63, 3.8) is 0 Å². The Morgan fingerprint density at radius 3 is 2.63 bits per heavy atom. The molecule has 1 amide bonds. The quantitative estimate of drug-likeness (QED) is 0.631. The normalized spacial score (nSPS) is 10.4. The van der Waals surface area contributed by atoms with Gasteiger partial charge in [-0.3, -0.25) is 4.79 Å². The van der Waals surface area contributed by atoms with Crippen molar-refractivity contribution in [1.29, 1.82) is 5.26 Å². The molecule has 0 saturated heterocycles. The standard InChI is InChI=1S/C18H16N4O3S2/c1-10-8-27-18(20-10)22-16(23)9-26-17-12(7-19)4-11-5-14(24-2)15(25-3)6-13(11)21-17/h4-6,8H,9H2,1-3H3,(H,20,22,23). The van der Waals surface area contributed by atoms with Crippen molar-refractivity contribution >= 4 is 45.0 Å². The fourth-order valence-corrected chi connectivity index (χ4v) is 3.84. The highest BCUT2D eigenvalue weighted by Gasteiger charge is 2.14. The predicted molar refractivity (Wildman–Crippen MR) is 106 cm³/mol. The second-order valence-corrected chi connectivity index (χ2v) is 7.31. The molecule has 2 aromatic heterocycles. The van der Waals surface area contributed by atoms with Crippen molar-refractivity contribution in [3.8, 4) is 17.6 Å². The molecule has 0 aliphatic heterocycles. The number of carbonyl (C=O) groups excluding carboxylic acids is 1. The van der Waals surface area contributed by atoms with Gasteiger partial charge in [0.1, 0.15) is 11.1 Å². The lowest BCUT2D eigenvalue weighted by atomic mass is 10.1. The van der Waals surface area contributed by atoms with Crippen molar-refractivity contribution in [2.75, 3.05) is 25.3 Å². The highest BCUT2D eigenvalue weighted by molar-refractivity contribution is 8.00. The van der Waals surface area contributed by atoms with Crippen molar-refractivity contribution < 1.29 is 14.3 Å². The summed E-state index contributed by atoms with van der Waals surface area (Å²) in [5, 5.41) is 15.9. The van der Waals surface area contributed by atoms with Crippen LogP contribution >= 0.6 is 23.1 Å². The molecule has 3 aromatic rings. The minimum absolute atomic E-state index is 0.124. The van der Waals surface area contributed by atoms with Gasteiger partial charge in [0.05, 0.1) is 36.7 Å². The Labute approximate surface area is 164 Å². The zero-order valence-corrected chi connectivity index (χ0v) is 16.5. The third-order valence-corrected chi connectivity index (χ3v) is 5.48. The van der Waals surface area contributed by atoms with Crippen LogP contribution < -0.4 is 14.8 Å². The smallest absolute Gasteiger partial charge is 0.236 e. The van der Waals surface area contributed by atoms with Crippen LogP contribution in [0.4, 0.5) is 5.13 Å². The van der Waals surface area contributed by atoms with E-state index < -0.39 is 0 Å². The van der Waals surface area contributed by atoms with Crippen molar-refractivity contribution in [2.24, 2.45) is 0 Å². The van der Waals surface area contributed by atoms with E-state index in [1.807, 2.05) is 12.3 Å². The van der Waals surface area contributed by atoms with E-state index in [0.717, 1.165) is 11.1 Å². The summed E-state index contributed by atoms with van der Waals surface area (Å²) in [4.78, 5) is 20.9. The molecular weight excluding hydrogens is 384 g/mol. The molecule has 0 bridgehead atoms. The van der Waals surface area contributed by atoms with Crippen LogP contribution in [-0.2, 0) is 4.79 Å². The Kier molecular flexibility index (Phi) is 5.78. The molecule has 9 heteroatoms. The second kappa shape index (κ2) is 8.24. The van der Waals surface area contributed by atoms with E-state index in [2.05, 4.69) is 21.4 Å². The van der Waals surface area contributed by atoms with E-state index in [4.69, 9.17) is 9.47 Å². The van der Waals surface area contributed by atoms with Gasteiger partial charge in [-0.15, -0.1) is 11.3 Å². The number of aryl methyl sites for hydroxylation is 1. The van der Waals surface area contributed by atoms with Crippen LogP contribution in [-0.4, -0.2) is 35.8 Å². The molecule has 27 heavy (non-hydrogen) atoms. The highest BCUT2D eigenvalue weighted by atomic mass is 32.2. The van der Waals surface area contributed by atoms with Gasteiger partial charge in [0, 0.05) is 16.8 Å². The van der Waals surface area contributed by atoms with E-state index in [1.165, 1.54) is 23.1 Å². The highest BCUT2D eigenvalue weighted by Crippen LogP contribution is 2.33. The van der Waals surface area contributed by atoms with Gasteiger partial charge in [0.2, 0.25) is 5.91 Å². The third-order valence-electron chi connectivity index (χ3n) is 3.61. The number of thiazole rings is 1. The molecule has 1 N–H and O–H groups in total. The molecule has 3 rings (SSSR count). The number of thioether (sulfide) groups is 1. The van der Waals surface area contributed by atoms with Gasteiger partial charge in [0.15, 0.2) is 16.6 Å². The summed E-state index contributed by atoms with van der Waals surface area (Å²) in [7, 11) is 3.10. The average molecular weight is 400 g/mol. The van der Waals surface area contributed by atoms with Gasteiger partial charge in [0.25, 0.3) is 0 Å². The number of methoxy groups -OCH3 is 2. The molecule has 2 heterocycles. The number of aromatic nitrogens is 2. The summed E-state index contributed by atoms with van der Waals surface area (Å²) < 4.78 is 10.6. The maximum absolute atomic E-state index is 12.1. The molecule has 7 nitrogen and oxygen atoms in total. The Hall–Kier alpha value is -2.83. The number of amides is 1. The molecule has 0 saturated carbocycles. The maximum atomic E-state index is 12.1. The van der Waals surface area contributed by atoms with Crippen LogP contribution in [0.5, 0.6) is 11.5 Å². The van der Waals surface area contributed by atoms with Crippen LogP contribution in [0.15, 0.2) is 28.6 Å². The lowest BCUT2D eigenvalue weighted by molar-refractivity contribution is -0.113. The first-order valence-corrected chi connectivity index (χ1v) is 9.72. The number of fused-ring (bicyclic) bond motifs is 1. The number of rotatable bonds is 6. The Bertz CT molecular complexity index is 1040. The summed E-state index contributed by atoms with van der Waals surface area (Å²) in [6.45, 7) is 1.86. The summed E-state index contributed by atoms with van der Waals surface area (Å²) in [5.74, 6) is 1.04. The van der Waals surface area contributed by atoms with Crippen molar-refractivity contribution in [1.82, 2.24) is 9.97 Å². The van der Waals surface area contributed by atoms with Crippen LogP contribution in [0.25, 0.3) is 10.9 Å². The fourth-order valence-electron chi connectivity index (χ4n) is 2.37. The van der Waals surface area contributed by atoms with Crippen LogP contribution in [0, 0.1) is 18.3 Å². The van der Waals surface area contributed by atoms with Gasteiger partial charge in [-0.2, -0.15) is 5.26 Å². The minimum atomic E-state index is -0.201. The average Bonchev–Trinajstić information content (AvgIpc) is 3.08. The van der Waals surface area contributed by atoms with E-state index in [1.54, 1.807) is 32.4 Å². The minimum Gasteiger partial charge on any atom is -0.493 e. The summed E-state index contributed by atoms with van der Waals surface area (Å²) in [6, 6.07) is 7.38. The number of hydrogen-bond acceptors (Lipinski definition) is 8. The predicted octanol–water partition coefficient (Wildman–Crippen LogP) is 3.62. The number of pyridine rings is 1. The van der Waals surface area contributed by atoms with Crippen LogP contribution in [0.2, 0.25) is 0 Å². The monoisotopic (exact) mass is 400 g/mol. The van der Waals surface area contributed by atoms with Crippen LogP contribution in [0.1, 0.15) is 11.3 Å². The molecule has 0 spiro atoms. The van der Waals surface area contributed by atoms with E-state index in [0.29, 0.717) is 32.7 Å². The molecule has 0 atom stereocenters.